The van der Waals surface area contributed by atoms with Crippen molar-refractivity contribution in [1.82, 2.24) is 19.7 Å². The van der Waals surface area contributed by atoms with E-state index >= 15 is 0 Å². The zero-order chi connectivity index (χ0) is 14.9. The first-order valence-corrected chi connectivity index (χ1v) is 8.35. The molecular formula is C15H17N5OS. The van der Waals surface area contributed by atoms with Gasteiger partial charge in [0.25, 0.3) is 0 Å². The molecule has 0 aliphatic heterocycles. The van der Waals surface area contributed by atoms with Crippen LogP contribution in [0.3, 0.4) is 0 Å². The van der Waals surface area contributed by atoms with Crippen molar-refractivity contribution < 1.29 is 5.11 Å². The minimum absolute atomic E-state index is 0.119. The molecule has 3 aromatic rings. The summed E-state index contributed by atoms with van der Waals surface area (Å²) in [5, 5.41) is 20.2. The number of aliphatic hydroxyl groups is 1. The molecular weight excluding hydrogens is 298 g/mol. The maximum absolute atomic E-state index is 9.14. The summed E-state index contributed by atoms with van der Waals surface area (Å²) in [6.07, 6.45) is 6.73. The van der Waals surface area contributed by atoms with Gasteiger partial charge in [-0.2, -0.15) is 5.10 Å². The smallest absolute Gasteiger partial charge is 0.138 e. The van der Waals surface area contributed by atoms with E-state index in [0.717, 1.165) is 35.3 Å². The molecule has 1 aliphatic rings. The van der Waals surface area contributed by atoms with Gasteiger partial charge in [-0.15, -0.1) is 11.3 Å². The fraction of sp³-hybridized carbons (Fsp3) is 0.400. The number of nitrogens with zero attached hydrogens (tertiary/aromatic N) is 4. The zero-order valence-electron chi connectivity index (χ0n) is 12.1. The van der Waals surface area contributed by atoms with E-state index in [1.54, 1.807) is 17.7 Å². The van der Waals surface area contributed by atoms with Crippen molar-refractivity contribution in [1.29, 1.82) is 0 Å². The summed E-state index contributed by atoms with van der Waals surface area (Å²) in [6, 6.07) is 2.27. The molecule has 0 aromatic carbocycles. The summed E-state index contributed by atoms with van der Waals surface area (Å²) >= 11 is 1.62. The molecule has 0 spiro atoms. The van der Waals surface area contributed by atoms with Crippen molar-refractivity contribution in [2.45, 2.75) is 31.8 Å². The third-order valence-corrected chi connectivity index (χ3v) is 4.97. The lowest BCUT2D eigenvalue weighted by Gasteiger charge is -2.24. The van der Waals surface area contributed by atoms with Crippen molar-refractivity contribution in [2.24, 2.45) is 0 Å². The molecule has 2 N–H and O–H groups in total. The van der Waals surface area contributed by atoms with Gasteiger partial charge in [-0.3, -0.25) is 4.68 Å². The third-order valence-electron chi connectivity index (χ3n) is 4.15. The molecule has 22 heavy (non-hydrogen) atoms. The van der Waals surface area contributed by atoms with Crippen LogP contribution in [0.4, 0.5) is 5.82 Å². The van der Waals surface area contributed by atoms with Gasteiger partial charge < -0.3 is 10.4 Å². The Balaban J connectivity index is 1.66. The van der Waals surface area contributed by atoms with Gasteiger partial charge in [0.15, 0.2) is 0 Å². The van der Waals surface area contributed by atoms with Gasteiger partial charge in [-0.1, -0.05) is 0 Å². The fourth-order valence-electron chi connectivity index (χ4n) is 3.13. The lowest BCUT2D eigenvalue weighted by atomic mass is 9.93. The Kier molecular flexibility index (Phi) is 3.51. The molecule has 3 aromatic heterocycles. The lowest BCUT2D eigenvalue weighted by molar-refractivity contribution is 0.266. The highest BCUT2D eigenvalue weighted by molar-refractivity contribution is 7.16. The Morgan fingerprint density at radius 2 is 2.36 bits per heavy atom. The van der Waals surface area contributed by atoms with Gasteiger partial charge in [0, 0.05) is 11.3 Å². The number of hydrogen-bond acceptors (Lipinski definition) is 6. The van der Waals surface area contributed by atoms with E-state index in [2.05, 4.69) is 26.4 Å². The second kappa shape index (κ2) is 5.66. The molecule has 0 saturated heterocycles. The minimum atomic E-state index is 0.119. The van der Waals surface area contributed by atoms with E-state index in [-0.39, 0.29) is 12.6 Å². The molecule has 0 radical (unpaired) electrons. The second-order valence-electron chi connectivity index (χ2n) is 5.44. The van der Waals surface area contributed by atoms with E-state index < -0.39 is 0 Å². The summed E-state index contributed by atoms with van der Waals surface area (Å²) in [7, 11) is 0. The van der Waals surface area contributed by atoms with E-state index in [1.807, 2.05) is 16.3 Å². The molecule has 1 aliphatic carbocycles. The molecule has 1 atom stereocenters. The third kappa shape index (κ3) is 2.26. The van der Waals surface area contributed by atoms with E-state index in [9.17, 15) is 0 Å². The molecule has 7 heteroatoms. The first kappa shape index (κ1) is 13.7. The fourth-order valence-corrected chi connectivity index (χ4v) is 3.86. The molecule has 0 saturated carbocycles. The van der Waals surface area contributed by atoms with Crippen molar-refractivity contribution in [3.63, 3.8) is 0 Å². The highest BCUT2D eigenvalue weighted by Crippen LogP contribution is 2.34. The number of aromatic nitrogens is 4. The Morgan fingerprint density at radius 3 is 3.27 bits per heavy atom. The Morgan fingerprint density at radius 1 is 1.41 bits per heavy atom. The van der Waals surface area contributed by atoms with Crippen molar-refractivity contribution in [3.8, 4) is 0 Å². The van der Waals surface area contributed by atoms with Crippen LogP contribution >= 0.6 is 11.3 Å². The second-order valence-corrected chi connectivity index (χ2v) is 6.34. The van der Waals surface area contributed by atoms with E-state index in [0.29, 0.717) is 6.54 Å². The van der Waals surface area contributed by atoms with Crippen molar-refractivity contribution in [2.75, 3.05) is 11.9 Å². The number of fused-ring (bicyclic) bond motifs is 2. The van der Waals surface area contributed by atoms with Crippen molar-refractivity contribution >= 4 is 27.4 Å². The summed E-state index contributed by atoms with van der Waals surface area (Å²) in [4.78, 5) is 9.70. The molecule has 0 fully saturated rings. The highest BCUT2D eigenvalue weighted by Gasteiger charge is 2.24. The summed E-state index contributed by atoms with van der Waals surface area (Å²) in [5.74, 6) is 0.888. The number of anilines is 1. The largest absolute Gasteiger partial charge is 0.394 e. The first-order valence-electron chi connectivity index (χ1n) is 7.47. The van der Waals surface area contributed by atoms with Gasteiger partial charge in [-0.05, 0) is 30.7 Å². The van der Waals surface area contributed by atoms with Crippen molar-refractivity contribution in [3.05, 3.63) is 35.2 Å². The van der Waals surface area contributed by atoms with E-state index in [4.69, 9.17) is 5.11 Å². The Bertz CT molecular complexity index is 796. The monoisotopic (exact) mass is 315 g/mol. The first-order chi connectivity index (χ1) is 10.9. The molecule has 0 unspecified atom stereocenters. The number of thiophene rings is 1. The SMILES string of the molecule is OCCn1ncc2c1CCC[C@@H]2Nc1ncnc2sccc12. The predicted octanol–water partition coefficient (Wildman–Crippen LogP) is 2.37. The molecule has 0 amide bonds. The predicted molar refractivity (Wildman–Crippen MR) is 86.0 cm³/mol. The summed E-state index contributed by atoms with van der Waals surface area (Å²) in [6.45, 7) is 0.679. The Hall–Kier alpha value is -1.99. The van der Waals surface area contributed by atoms with Crippen LogP contribution in [-0.4, -0.2) is 31.5 Å². The van der Waals surface area contributed by atoms with Gasteiger partial charge in [0.05, 0.1) is 30.8 Å². The van der Waals surface area contributed by atoms with Gasteiger partial charge in [-0.25, -0.2) is 9.97 Å². The average Bonchev–Trinajstić information content (AvgIpc) is 3.16. The van der Waals surface area contributed by atoms with Crippen LogP contribution in [0.15, 0.2) is 24.0 Å². The minimum Gasteiger partial charge on any atom is -0.394 e. The van der Waals surface area contributed by atoms with E-state index in [1.165, 1.54) is 11.3 Å². The Labute approximate surface area is 131 Å². The van der Waals surface area contributed by atoms with Crippen LogP contribution in [0.1, 0.15) is 30.1 Å². The maximum atomic E-state index is 9.14. The van der Waals surface area contributed by atoms with Crippen LogP contribution in [-0.2, 0) is 13.0 Å². The maximum Gasteiger partial charge on any atom is 0.138 e. The normalized spacial score (nSPS) is 17.6. The van der Waals surface area contributed by atoms with Crippen LogP contribution in [0.25, 0.3) is 10.2 Å². The molecule has 114 valence electrons. The van der Waals surface area contributed by atoms with Crippen LogP contribution < -0.4 is 5.32 Å². The molecule has 3 heterocycles. The zero-order valence-corrected chi connectivity index (χ0v) is 12.9. The van der Waals surface area contributed by atoms with Crippen LogP contribution in [0, 0.1) is 0 Å². The number of nitrogens with one attached hydrogen (secondary N) is 1. The quantitative estimate of drug-likeness (QED) is 0.773. The van der Waals surface area contributed by atoms with Crippen LogP contribution in [0.2, 0.25) is 0 Å². The molecule has 0 bridgehead atoms. The molecule has 6 nitrogen and oxygen atoms in total. The molecule has 4 rings (SSSR count). The average molecular weight is 315 g/mol. The van der Waals surface area contributed by atoms with Gasteiger partial charge in [0.1, 0.15) is 17.0 Å². The number of rotatable bonds is 4. The van der Waals surface area contributed by atoms with Crippen LogP contribution in [0.5, 0.6) is 0 Å². The lowest BCUT2D eigenvalue weighted by Crippen LogP contribution is -2.19. The standard InChI is InChI=1S/C15H17N5OS/c21-6-5-20-13-3-1-2-12(11(13)8-18-20)19-14-10-4-7-22-15(10)17-9-16-14/h4,7-9,12,21H,1-3,5-6H2,(H,16,17,19)/t12-/m0/s1. The summed E-state index contributed by atoms with van der Waals surface area (Å²) in [5.41, 5.74) is 2.45. The number of aliphatic hydroxyl groups excluding tert-OH is 1. The van der Waals surface area contributed by atoms with Gasteiger partial charge in [0.2, 0.25) is 0 Å². The highest BCUT2D eigenvalue weighted by atomic mass is 32.1. The van der Waals surface area contributed by atoms with Gasteiger partial charge >= 0.3 is 0 Å². The topological polar surface area (TPSA) is 75.9 Å². The summed E-state index contributed by atoms with van der Waals surface area (Å²) < 4.78 is 1.92. The number of hydrogen-bond donors (Lipinski definition) is 2.